The molecule has 2 aliphatic rings. The van der Waals surface area contributed by atoms with Crippen LogP contribution in [0, 0.1) is 13.8 Å². The van der Waals surface area contributed by atoms with Gasteiger partial charge in [-0.2, -0.15) is 0 Å². The van der Waals surface area contributed by atoms with Gasteiger partial charge in [0.15, 0.2) is 12.1 Å². The second kappa shape index (κ2) is 9.85. The van der Waals surface area contributed by atoms with Crippen LogP contribution < -0.4 is 15.2 Å². The third-order valence-electron chi connectivity index (χ3n) is 5.92. The molecule has 2 aliphatic heterocycles. The Morgan fingerprint density at radius 2 is 1.94 bits per heavy atom. The number of oxazole rings is 1. The SMILES string of the molecule is COc1ncc(N2CCc3nc[nH]c(=O)c3C2)cc1C.Cc1ocnc1C(=O)N1CCCC1. The Balaban J connectivity index is 0.000000172. The first kappa shape index (κ1) is 22.5. The van der Waals surface area contributed by atoms with Gasteiger partial charge in [0, 0.05) is 31.6 Å². The highest BCUT2D eigenvalue weighted by atomic mass is 16.5. The minimum Gasteiger partial charge on any atom is -0.481 e. The predicted octanol–water partition coefficient (Wildman–Crippen LogP) is 2.26. The fourth-order valence-electron chi connectivity index (χ4n) is 4.09. The number of fused-ring (bicyclic) bond motifs is 1. The molecule has 0 spiro atoms. The molecule has 5 rings (SSSR count). The first-order chi connectivity index (χ1) is 16.0. The molecule has 0 aromatic carbocycles. The molecule has 33 heavy (non-hydrogen) atoms. The van der Waals surface area contributed by atoms with Gasteiger partial charge in [-0.25, -0.2) is 15.0 Å². The molecule has 0 bridgehead atoms. The lowest BCUT2D eigenvalue weighted by Crippen LogP contribution is -2.35. The molecule has 10 heteroatoms. The summed E-state index contributed by atoms with van der Waals surface area (Å²) >= 11 is 0. The molecule has 174 valence electrons. The van der Waals surface area contributed by atoms with Crippen molar-refractivity contribution >= 4 is 11.6 Å². The van der Waals surface area contributed by atoms with Crippen LogP contribution in [0.3, 0.4) is 0 Å². The number of aromatic nitrogens is 4. The quantitative estimate of drug-likeness (QED) is 0.643. The van der Waals surface area contributed by atoms with E-state index in [-0.39, 0.29) is 11.5 Å². The summed E-state index contributed by atoms with van der Waals surface area (Å²) in [6.07, 6.45) is 7.53. The van der Waals surface area contributed by atoms with Crippen LogP contribution in [0.25, 0.3) is 0 Å². The van der Waals surface area contributed by atoms with Crippen LogP contribution in [0.2, 0.25) is 0 Å². The van der Waals surface area contributed by atoms with Crippen molar-refractivity contribution < 1.29 is 13.9 Å². The molecule has 1 fully saturated rings. The molecule has 0 aliphatic carbocycles. The molecule has 1 amide bonds. The van der Waals surface area contributed by atoms with Crippen molar-refractivity contribution in [2.45, 2.75) is 39.7 Å². The maximum Gasteiger partial charge on any atom is 0.276 e. The lowest BCUT2D eigenvalue weighted by Gasteiger charge is -2.29. The van der Waals surface area contributed by atoms with Gasteiger partial charge in [0.05, 0.1) is 43.1 Å². The minimum absolute atomic E-state index is 0.00347. The number of carbonyl (C=O) groups excluding carboxylic acids is 1. The highest BCUT2D eigenvalue weighted by Gasteiger charge is 2.23. The van der Waals surface area contributed by atoms with Gasteiger partial charge < -0.3 is 23.9 Å². The Bertz CT molecular complexity index is 1180. The van der Waals surface area contributed by atoms with Crippen LogP contribution in [-0.2, 0) is 13.0 Å². The van der Waals surface area contributed by atoms with Gasteiger partial charge in [0.1, 0.15) is 5.76 Å². The van der Waals surface area contributed by atoms with Crippen molar-refractivity contribution in [3.63, 3.8) is 0 Å². The van der Waals surface area contributed by atoms with Gasteiger partial charge in [-0.3, -0.25) is 9.59 Å². The van der Waals surface area contributed by atoms with E-state index in [1.807, 2.05) is 17.9 Å². The van der Waals surface area contributed by atoms with E-state index < -0.39 is 0 Å². The number of likely N-dealkylation sites (tertiary alicyclic amines) is 1. The Kier molecular flexibility index (Phi) is 6.71. The van der Waals surface area contributed by atoms with Gasteiger partial charge in [-0.1, -0.05) is 0 Å². The molecule has 1 N–H and O–H groups in total. The normalized spacial score (nSPS) is 15.0. The van der Waals surface area contributed by atoms with Crippen LogP contribution in [0.1, 0.15) is 45.9 Å². The van der Waals surface area contributed by atoms with Crippen LogP contribution in [0.5, 0.6) is 5.88 Å². The molecular weight excluding hydrogens is 424 g/mol. The molecule has 0 atom stereocenters. The Morgan fingerprint density at radius 1 is 1.15 bits per heavy atom. The summed E-state index contributed by atoms with van der Waals surface area (Å²) in [5, 5.41) is 0. The van der Waals surface area contributed by atoms with Gasteiger partial charge in [-0.05, 0) is 32.8 Å². The number of aryl methyl sites for hydroxylation is 2. The number of rotatable bonds is 3. The number of H-pyrrole nitrogens is 1. The zero-order valence-electron chi connectivity index (χ0n) is 19.1. The number of aromatic amines is 1. The zero-order valence-corrected chi connectivity index (χ0v) is 19.1. The standard InChI is InChI=1S/C14H16N4O2.C9H12N2O2/c1-9-5-10(6-15-14(9)20-2)18-4-3-12-11(7-18)13(19)17-8-16-12;1-7-8(10-6-13-7)9(12)11-4-2-3-5-11/h5-6,8H,3-4,7H2,1-2H3,(H,16,17,19);6H,2-5H2,1H3. The van der Waals surface area contributed by atoms with E-state index in [0.717, 1.165) is 61.4 Å². The van der Waals surface area contributed by atoms with Crippen molar-refractivity contribution in [1.82, 2.24) is 24.8 Å². The van der Waals surface area contributed by atoms with Crippen LogP contribution in [0.15, 0.2) is 34.2 Å². The van der Waals surface area contributed by atoms with E-state index in [1.165, 1.54) is 12.7 Å². The summed E-state index contributed by atoms with van der Waals surface area (Å²) in [5.74, 6) is 1.24. The number of nitrogens with one attached hydrogen (secondary N) is 1. The predicted molar refractivity (Wildman–Crippen MR) is 122 cm³/mol. The Morgan fingerprint density at radius 3 is 2.61 bits per heavy atom. The van der Waals surface area contributed by atoms with Crippen LogP contribution >= 0.6 is 0 Å². The van der Waals surface area contributed by atoms with Gasteiger partial charge in [0.2, 0.25) is 5.88 Å². The maximum absolute atomic E-state index is 11.9. The summed E-state index contributed by atoms with van der Waals surface area (Å²) in [4.78, 5) is 42.6. The molecule has 5 heterocycles. The summed E-state index contributed by atoms with van der Waals surface area (Å²) in [6.45, 7) is 6.82. The lowest BCUT2D eigenvalue weighted by atomic mass is 10.1. The average molecular weight is 453 g/mol. The summed E-state index contributed by atoms with van der Waals surface area (Å²) in [7, 11) is 1.61. The zero-order chi connectivity index (χ0) is 23.4. The number of anilines is 1. The summed E-state index contributed by atoms with van der Waals surface area (Å²) < 4.78 is 10.2. The molecule has 0 radical (unpaired) electrons. The molecule has 10 nitrogen and oxygen atoms in total. The number of hydrogen-bond donors (Lipinski definition) is 1. The van der Waals surface area contributed by atoms with Crippen molar-refractivity contribution in [2.75, 3.05) is 31.6 Å². The topological polar surface area (TPSA) is 117 Å². The number of pyridine rings is 1. The van der Waals surface area contributed by atoms with Crippen molar-refractivity contribution in [1.29, 1.82) is 0 Å². The first-order valence-electron chi connectivity index (χ1n) is 11.0. The fourth-order valence-corrected chi connectivity index (χ4v) is 4.09. The Labute approximate surface area is 191 Å². The van der Waals surface area contributed by atoms with E-state index in [4.69, 9.17) is 9.15 Å². The molecular formula is C23H28N6O4. The van der Waals surface area contributed by atoms with Crippen LogP contribution in [-0.4, -0.2) is 57.5 Å². The van der Waals surface area contributed by atoms with E-state index >= 15 is 0 Å². The molecule has 3 aromatic rings. The molecule has 0 unspecified atom stereocenters. The highest BCUT2D eigenvalue weighted by Crippen LogP contribution is 2.25. The van der Waals surface area contributed by atoms with Gasteiger partial charge >= 0.3 is 0 Å². The van der Waals surface area contributed by atoms with Crippen LogP contribution in [0.4, 0.5) is 5.69 Å². The number of amides is 1. The van der Waals surface area contributed by atoms with Crippen molar-refractivity contribution in [2.24, 2.45) is 0 Å². The maximum atomic E-state index is 11.9. The number of ether oxygens (including phenoxy) is 1. The largest absolute Gasteiger partial charge is 0.481 e. The van der Waals surface area contributed by atoms with E-state index in [0.29, 0.717) is 23.9 Å². The third kappa shape index (κ3) is 4.89. The van der Waals surface area contributed by atoms with Gasteiger partial charge in [-0.15, -0.1) is 0 Å². The fraction of sp³-hybridized carbons (Fsp3) is 0.435. The number of carbonyl (C=O) groups is 1. The monoisotopic (exact) mass is 452 g/mol. The Hall–Kier alpha value is -3.69. The average Bonchev–Trinajstić information content (AvgIpc) is 3.51. The van der Waals surface area contributed by atoms with Crippen molar-refractivity contribution in [3.8, 4) is 5.88 Å². The van der Waals surface area contributed by atoms with Gasteiger partial charge in [0.25, 0.3) is 11.5 Å². The van der Waals surface area contributed by atoms with E-state index in [2.05, 4.69) is 24.8 Å². The van der Waals surface area contributed by atoms with E-state index in [9.17, 15) is 9.59 Å². The summed E-state index contributed by atoms with van der Waals surface area (Å²) in [5.41, 5.74) is 4.02. The smallest absolute Gasteiger partial charge is 0.276 e. The number of methoxy groups -OCH3 is 1. The molecule has 0 saturated carbocycles. The highest BCUT2D eigenvalue weighted by molar-refractivity contribution is 5.93. The number of nitrogens with zero attached hydrogens (tertiary/aromatic N) is 5. The van der Waals surface area contributed by atoms with Crippen molar-refractivity contribution in [3.05, 3.63) is 63.6 Å². The third-order valence-corrected chi connectivity index (χ3v) is 5.92. The molecule has 3 aromatic heterocycles. The second-order valence-electron chi connectivity index (χ2n) is 8.10. The minimum atomic E-state index is -0.0575. The summed E-state index contributed by atoms with van der Waals surface area (Å²) in [6, 6.07) is 2.03. The molecule has 1 saturated heterocycles. The second-order valence-corrected chi connectivity index (χ2v) is 8.10. The first-order valence-corrected chi connectivity index (χ1v) is 11.0. The lowest BCUT2D eigenvalue weighted by molar-refractivity contribution is 0.0786. The number of hydrogen-bond acceptors (Lipinski definition) is 8. The van der Waals surface area contributed by atoms with E-state index in [1.54, 1.807) is 20.2 Å².